The van der Waals surface area contributed by atoms with Crippen molar-refractivity contribution in [3.05, 3.63) is 31.9 Å². The molecule has 2 rings (SSSR count). The number of nitrogens with one attached hydrogen (secondary N) is 2. The van der Waals surface area contributed by atoms with Gasteiger partial charge in [-0.2, -0.15) is 4.98 Å². The number of hydrazine groups is 1. The van der Waals surface area contributed by atoms with Crippen LogP contribution in [0.4, 0.5) is 17.5 Å². The Balaban J connectivity index is 2.37. The first-order chi connectivity index (χ1) is 9.92. The lowest BCUT2D eigenvalue weighted by atomic mass is 10.3. The average Bonchev–Trinajstić information content (AvgIpc) is 2.84. The predicted octanol–water partition coefficient (Wildman–Crippen LogP) is 1.92. The summed E-state index contributed by atoms with van der Waals surface area (Å²) in [5, 5.41) is 16.9. The van der Waals surface area contributed by atoms with Crippen molar-refractivity contribution < 1.29 is 4.92 Å². The molecule has 0 radical (unpaired) electrons. The van der Waals surface area contributed by atoms with Gasteiger partial charge in [0.25, 0.3) is 0 Å². The van der Waals surface area contributed by atoms with Gasteiger partial charge in [0.1, 0.15) is 10.7 Å². The molecule has 10 heteroatoms. The fourth-order valence-corrected chi connectivity index (χ4v) is 2.59. The van der Waals surface area contributed by atoms with E-state index in [-0.39, 0.29) is 29.2 Å². The second kappa shape index (κ2) is 5.97. The number of thiazole rings is 1. The number of nitrogen functional groups attached to an aromatic ring is 1. The summed E-state index contributed by atoms with van der Waals surface area (Å²) in [6.45, 7) is 5.28. The molecule has 2 aromatic heterocycles. The van der Waals surface area contributed by atoms with Crippen LogP contribution in [0.2, 0.25) is 0 Å². The van der Waals surface area contributed by atoms with E-state index in [0.29, 0.717) is 0 Å². The molecule has 0 aliphatic rings. The second-order valence-electron chi connectivity index (χ2n) is 4.42. The molecule has 0 bridgehead atoms. The van der Waals surface area contributed by atoms with Gasteiger partial charge in [-0.05, 0) is 20.8 Å². The highest BCUT2D eigenvalue weighted by molar-refractivity contribution is 7.09. The van der Waals surface area contributed by atoms with Crippen LogP contribution < -0.4 is 16.6 Å². The van der Waals surface area contributed by atoms with Crippen molar-refractivity contribution >= 4 is 28.8 Å². The molecule has 112 valence electrons. The fourth-order valence-electron chi connectivity index (χ4n) is 1.79. The third-order valence-corrected chi connectivity index (χ3v) is 3.88. The zero-order valence-electron chi connectivity index (χ0n) is 11.7. The summed E-state index contributed by atoms with van der Waals surface area (Å²) in [5.41, 5.74) is 3.26. The quantitative estimate of drug-likeness (QED) is 0.433. The highest BCUT2D eigenvalue weighted by Gasteiger charge is 2.24. The Morgan fingerprint density at radius 3 is 2.62 bits per heavy atom. The summed E-state index contributed by atoms with van der Waals surface area (Å²) in [5.74, 6) is 5.50. The fraction of sp³-hybridized carbons (Fsp3) is 0.364. The first kappa shape index (κ1) is 15.1. The van der Waals surface area contributed by atoms with Crippen LogP contribution in [0, 0.1) is 24.0 Å². The van der Waals surface area contributed by atoms with Crippen molar-refractivity contribution in [2.45, 2.75) is 26.8 Å². The zero-order valence-corrected chi connectivity index (χ0v) is 12.6. The van der Waals surface area contributed by atoms with Crippen LogP contribution >= 0.6 is 11.3 Å². The molecule has 1 unspecified atom stereocenters. The molecule has 0 aromatic carbocycles. The Kier molecular flexibility index (Phi) is 4.29. The van der Waals surface area contributed by atoms with E-state index in [1.807, 2.05) is 19.2 Å². The van der Waals surface area contributed by atoms with Crippen LogP contribution in [0.15, 0.2) is 5.38 Å². The molecule has 0 saturated carbocycles. The zero-order chi connectivity index (χ0) is 15.6. The summed E-state index contributed by atoms with van der Waals surface area (Å²) in [7, 11) is 0. The van der Waals surface area contributed by atoms with E-state index in [1.165, 1.54) is 18.3 Å². The van der Waals surface area contributed by atoms with Gasteiger partial charge in [-0.1, -0.05) is 0 Å². The van der Waals surface area contributed by atoms with Gasteiger partial charge in [0.15, 0.2) is 0 Å². The lowest BCUT2D eigenvalue weighted by molar-refractivity contribution is -0.385. The minimum atomic E-state index is -0.516. The largest absolute Gasteiger partial charge is 0.355 e. The standard InChI is InChI=1S/C11H15N7O2S/c1-5-4-21-10(13-5)7(3)14-9-8(18(19)20)6(2)15-11(16-9)17-12/h4,7H,12H2,1-3H3,(H2,14,15,16,17). The van der Waals surface area contributed by atoms with Crippen molar-refractivity contribution in [2.75, 3.05) is 10.7 Å². The number of anilines is 2. The molecule has 1 atom stereocenters. The molecule has 21 heavy (non-hydrogen) atoms. The average molecular weight is 309 g/mol. The van der Waals surface area contributed by atoms with Gasteiger partial charge in [-0.15, -0.1) is 11.3 Å². The summed E-state index contributed by atoms with van der Waals surface area (Å²) < 4.78 is 0. The number of hydrogen-bond donors (Lipinski definition) is 3. The normalized spacial score (nSPS) is 12.0. The topological polar surface area (TPSA) is 132 Å². The minimum absolute atomic E-state index is 0.112. The van der Waals surface area contributed by atoms with Gasteiger partial charge in [0.2, 0.25) is 11.8 Å². The third kappa shape index (κ3) is 3.23. The highest BCUT2D eigenvalue weighted by Crippen LogP contribution is 2.30. The molecule has 9 nitrogen and oxygen atoms in total. The molecular formula is C11H15N7O2S. The van der Waals surface area contributed by atoms with E-state index in [1.54, 1.807) is 0 Å². The number of nitrogens with two attached hydrogens (primary N) is 1. The molecular weight excluding hydrogens is 294 g/mol. The molecule has 2 heterocycles. The maximum atomic E-state index is 11.2. The summed E-state index contributed by atoms with van der Waals surface area (Å²) >= 11 is 1.48. The van der Waals surface area contributed by atoms with Gasteiger partial charge in [0, 0.05) is 11.1 Å². The third-order valence-electron chi connectivity index (χ3n) is 2.73. The van der Waals surface area contributed by atoms with E-state index in [9.17, 15) is 10.1 Å². The first-order valence-corrected chi connectivity index (χ1v) is 6.98. The van der Waals surface area contributed by atoms with E-state index in [2.05, 4.69) is 25.7 Å². The number of rotatable bonds is 5. The van der Waals surface area contributed by atoms with Gasteiger partial charge in [-0.3, -0.25) is 15.5 Å². The lowest BCUT2D eigenvalue weighted by Crippen LogP contribution is -2.16. The maximum Gasteiger partial charge on any atom is 0.332 e. The molecule has 0 saturated heterocycles. The monoisotopic (exact) mass is 309 g/mol. The SMILES string of the molecule is Cc1csc(C(C)Nc2nc(NN)nc(C)c2[N+](=O)[O-])n1. The van der Waals surface area contributed by atoms with Gasteiger partial charge in [0.05, 0.1) is 11.0 Å². The molecule has 0 aliphatic heterocycles. The Labute approximate surface area is 124 Å². The van der Waals surface area contributed by atoms with Crippen LogP contribution in [0.1, 0.15) is 29.4 Å². The molecule has 4 N–H and O–H groups in total. The van der Waals surface area contributed by atoms with Crippen LogP contribution in [0.3, 0.4) is 0 Å². The van der Waals surface area contributed by atoms with E-state index < -0.39 is 4.92 Å². The van der Waals surface area contributed by atoms with Crippen molar-refractivity contribution in [3.8, 4) is 0 Å². The molecule has 0 amide bonds. The summed E-state index contributed by atoms with van der Waals surface area (Å²) in [4.78, 5) is 23.0. The van der Waals surface area contributed by atoms with E-state index >= 15 is 0 Å². The van der Waals surface area contributed by atoms with Crippen LogP contribution in [-0.4, -0.2) is 19.9 Å². The van der Waals surface area contributed by atoms with Gasteiger partial charge >= 0.3 is 5.69 Å². The molecule has 0 aliphatic carbocycles. The predicted molar refractivity (Wildman–Crippen MR) is 80.1 cm³/mol. The first-order valence-electron chi connectivity index (χ1n) is 6.10. The summed E-state index contributed by atoms with van der Waals surface area (Å²) in [6.07, 6.45) is 0. The van der Waals surface area contributed by atoms with E-state index in [4.69, 9.17) is 5.84 Å². The summed E-state index contributed by atoms with van der Waals surface area (Å²) in [6, 6.07) is -0.220. The van der Waals surface area contributed by atoms with Crippen molar-refractivity contribution in [2.24, 2.45) is 5.84 Å². The van der Waals surface area contributed by atoms with Crippen LogP contribution in [0.5, 0.6) is 0 Å². The Bertz CT molecular complexity index is 673. The minimum Gasteiger partial charge on any atom is -0.355 e. The Hall–Kier alpha value is -2.33. The number of nitrogens with zero attached hydrogens (tertiary/aromatic N) is 4. The molecule has 0 fully saturated rings. The lowest BCUT2D eigenvalue weighted by Gasteiger charge is -2.13. The smallest absolute Gasteiger partial charge is 0.332 e. The Morgan fingerprint density at radius 2 is 2.10 bits per heavy atom. The van der Waals surface area contributed by atoms with Crippen LogP contribution in [-0.2, 0) is 0 Å². The van der Waals surface area contributed by atoms with Crippen molar-refractivity contribution in [1.29, 1.82) is 0 Å². The van der Waals surface area contributed by atoms with Gasteiger partial charge < -0.3 is 5.32 Å². The Morgan fingerprint density at radius 1 is 1.38 bits per heavy atom. The molecule has 2 aromatic rings. The maximum absolute atomic E-state index is 11.2. The molecule has 0 spiro atoms. The number of hydrogen-bond acceptors (Lipinski definition) is 9. The highest BCUT2D eigenvalue weighted by atomic mass is 32.1. The number of nitro groups is 1. The van der Waals surface area contributed by atoms with Crippen molar-refractivity contribution in [3.63, 3.8) is 0 Å². The number of aryl methyl sites for hydroxylation is 2. The van der Waals surface area contributed by atoms with Crippen molar-refractivity contribution in [1.82, 2.24) is 15.0 Å². The van der Waals surface area contributed by atoms with E-state index in [0.717, 1.165) is 10.7 Å². The van der Waals surface area contributed by atoms with Crippen LogP contribution in [0.25, 0.3) is 0 Å². The van der Waals surface area contributed by atoms with Gasteiger partial charge in [-0.25, -0.2) is 15.8 Å². The second-order valence-corrected chi connectivity index (χ2v) is 5.31. The number of aromatic nitrogens is 3.